The highest BCUT2D eigenvalue weighted by Gasteiger charge is 2.32. The molecule has 0 heterocycles. The fourth-order valence-electron chi connectivity index (χ4n) is 2.25. The molecule has 4 nitrogen and oxygen atoms in total. The summed E-state index contributed by atoms with van der Waals surface area (Å²) in [4.78, 5) is 0. The number of halogens is 1. The summed E-state index contributed by atoms with van der Waals surface area (Å²) in [6.45, 7) is 0. The number of likely N-dealkylation sites (N-methyl/N-ethyl adjacent to an activating group) is 1. The number of hydrogen-bond acceptors (Lipinski definition) is 3. The molecular weight excluding hydrogens is 262 g/mol. The summed E-state index contributed by atoms with van der Waals surface area (Å²) in [6.07, 6.45) is 4.21. The van der Waals surface area contributed by atoms with E-state index in [-0.39, 0.29) is 11.8 Å². The van der Waals surface area contributed by atoms with Crippen LogP contribution in [-0.4, -0.2) is 48.7 Å². The SMILES string of the molecule is CN(C1CCCCC1O)S(=O)(=O)CCCCCl. The topological polar surface area (TPSA) is 57.6 Å². The molecule has 102 valence electrons. The van der Waals surface area contributed by atoms with Gasteiger partial charge in [-0.2, -0.15) is 4.31 Å². The molecule has 1 aliphatic rings. The molecule has 1 aliphatic carbocycles. The van der Waals surface area contributed by atoms with Crippen molar-refractivity contribution < 1.29 is 13.5 Å². The molecule has 1 fully saturated rings. The highest BCUT2D eigenvalue weighted by atomic mass is 35.5. The summed E-state index contributed by atoms with van der Waals surface area (Å²) in [5.41, 5.74) is 0. The second-order valence-corrected chi connectivity index (χ2v) is 7.17. The van der Waals surface area contributed by atoms with Gasteiger partial charge in [-0.1, -0.05) is 12.8 Å². The van der Waals surface area contributed by atoms with E-state index < -0.39 is 16.1 Å². The van der Waals surface area contributed by atoms with Gasteiger partial charge in [0.05, 0.1) is 17.9 Å². The number of unbranched alkanes of at least 4 members (excludes halogenated alkanes) is 1. The van der Waals surface area contributed by atoms with E-state index in [1.807, 2.05) is 0 Å². The van der Waals surface area contributed by atoms with Crippen LogP contribution in [-0.2, 0) is 10.0 Å². The first-order valence-electron chi connectivity index (χ1n) is 6.19. The zero-order valence-electron chi connectivity index (χ0n) is 10.3. The first-order chi connectivity index (χ1) is 7.99. The number of rotatable bonds is 6. The lowest BCUT2D eigenvalue weighted by Crippen LogP contribution is -2.46. The van der Waals surface area contributed by atoms with Crippen LogP contribution >= 0.6 is 11.6 Å². The van der Waals surface area contributed by atoms with Crippen LogP contribution in [0.4, 0.5) is 0 Å². The van der Waals surface area contributed by atoms with Gasteiger partial charge in [-0.05, 0) is 25.7 Å². The summed E-state index contributed by atoms with van der Waals surface area (Å²) in [7, 11) is -1.67. The molecule has 0 aromatic rings. The van der Waals surface area contributed by atoms with Crippen molar-refractivity contribution in [1.82, 2.24) is 4.31 Å². The number of sulfonamides is 1. The van der Waals surface area contributed by atoms with Crippen molar-refractivity contribution in [2.75, 3.05) is 18.7 Å². The zero-order chi connectivity index (χ0) is 12.9. The van der Waals surface area contributed by atoms with E-state index in [1.165, 1.54) is 4.31 Å². The van der Waals surface area contributed by atoms with Crippen LogP contribution in [0.5, 0.6) is 0 Å². The highest BCUT2D eigenvalue weighted by Crippen LogP contribution is 2.24. The summed E-state index contributed by atoms with van der Waals surface area (Å²) in [5.74, 6) is 0.616. The molecule has 2 unspecified atom stereocenters. The minimum Gasteiger partial charge on any atom is -0.391 e. The Morgan fingerprint density at radius 2 is 1.94 bits per heavy atom. The monoisotopic (exact) mass is 283 g/mol. The molecule has 1 rings (SSSR count). The quantitative estimate of drug-likeness (QED) is 0.595. The Kier molecular flexibility index (Phi) is 6.20. The standard InChI is InChI=1S/C11H22ClNO3S/c1-13(10-6-2-3-7-11(10)14)17(15,16)9-5-4-8-12/h10-11,14H,2-9H2,1H3. The zero-order valence-corrected chi connectivity index (χ0v) is 11.9. The number of alkyl halides is 1. The van der Waals surface area contributed by atoms with E-state index in [0.717, 1.165) is 19.3 Å². The Morgan fingerprint density at radius 1 is 1.29 bits per heavy atom. The normalized spacial score (nSPS) is 26.4. The smallest absolute Gasteiger partial charge is 0.214 e. The molecule has 0 aromatic heterocycles. The molecule has 17 heavy (non-hydrogen) atoms. The van der Waals surface area contributed by atoms with Crippen molar-refractivity contribution in [2.24, 2.45) is 0 Å². The van der Waals surface area contributed by atoms with Crippen molar-refractivity contribution in [2.45, 2.75) is 50.7 Å². The number of hydrogen-bond donors (Lipinski definition) is 1. The molecule has 0 radical (unpaired) electrons. The predicted octanol–water partition coefficient (Wildman–Crippen LogP) is 1.57. The summed E-state index contributed by atoms with van der Waals surface area (Å²) in [6, 6.07) is -0.246. The number of nitrogens with zero attached hydrogens (tertiary/aromatic N) is 1. The lowest BCUT2D eigenvalue weighted by molar-refractivity contribution is 0.0638. The summed E-state index contributed by atoms with van der Waals surface area (Å²) in [5, 5.41) is 9.85. The molecule has 1 N–H and O–H groups in total. The van der Waals surface area contributed by atoms with E-state index in [0.29, 0.717) is 25.1 Å². The average Bonchev–Trinajstić information content (AvgIpc) is 2.29. The molecule has 0 amide bonds. The van der Waals surface area contributed by atoms with Crippen molar-refractivity contribution in [3.05, 3.63) is 0 Å². The van der Waals surface area contributed by atoms with E-state index in [2.05, 4.69) is 0 Å². The number of aliphatic hydroxyl groups is 1. The molecule has 0 bridgehead atoms. The lowest BCUT2D eigenvalue weighted by Gasteiger charge is -2.34. The second-order valence-electron chi connectivity index (χ2n) is 4.65. The third-order valence-electron chi connectivity index (χ3n) is 3.39. The van der Waals surface area contributed by atoms with Crippen LogP contribution in [0.25, 0.3) is 0 Å². The second kappa shape index (κ2) is 6.92. The van der Waals surface area contributed by atoms with Gasteiger partial charge in [0.1, 0.15) is 0 Å². The average molecular weight is 284 g/mol. The molecule has 0 aliphatic heterocycles. The van der Waals surface area contributed by atoms with Gasteiger partial charge in [0.15, 0.2) is 0 Å². The van der Waals surface area contributed by atoms with Crippen LogP contribution in [0.15, 0.2) is 0 Å². The largest absolute Gasteiger partial charge is 0.391 e. The van der Waals surface area contributed by atoms with Gasteiger partial charge in [-0.25, -0.2) is 8.42 Å². The Balaban J connectivity index is 2.57. The van der Waals surface area contributed by atoms with Crippen LogP contribution in [0, 0.1) is 0 Å². The molecule has 6 heteroatoms. The van der Waals surface area contributed by atoms with Gasteiger partial charge < -0.3 is 5.11 Å². The van der Waals surface area contributed by atoms with Crippen molar-refractivity contribution in [3.63, 3.8) is 0 Å². The maximum Gasteiger partial charge on any atom is 0.214 e. The fourth-order valence-corrected chi connectivity index (χ4v) is 3.95. The van der Waals surface area contributed by atoms with Gasteiger partial charge in [-0.3, -0.25) is 0 Å². The Labute approximate surface area is 109 Å². The predicted molar refractivity (Wildman–Crippen MR) is 69.8 cm³/mol. The molecule has 0 aromatic carbocycles. The van der Waals surface area contributed by atoms with E-state index in [4.69, 9.17) is 11.6 Å². The third-order valence-corrected chi connectivity index (χ3v) is 5.61. The minimum absolute atomic E-state index is 0.124. The molecule has 1 saturated carbocycles. The number of aliphatic hydroxyl groups excluding tert-OH is 1. The Bertz CT molecular complexity index is 321. The minimum atomic E-state index is -3.25. The van der Waals surface area contributed by atoms with Crippen LogP contribution in [0.3, 0.4) is 0 Å². The molecule has 0 saturated heterocycles. The van der Waals surface area contributed by atoms with Crippen molar-refractivity contribution >= 4 is 21.6 Å². The van der Waals surface area contributed by atoms with E-state index in [1.54, 1.807) is 7.05 Å². The molecule has 0 spiro atoms. The fraction of sp³-hybridized carbons (Fsp3) is 1.00. The van der Waals surface area contributed by atoms with Crippen molar-refractivity contribution in [3.8, 4) is 0 Å². The van der Waals surface area contributed by atoms with Crippen molar-refractivity contribution in [1.29, 1.82) is 0 Å². The third kappa shape index (κ3) is 4.39. The Hall–Kier alpha value is 0.160. The van der Waals surface area contributed by atoms with Gasteiger partial charge in [0.25, 0.3) is 0 Å². The first-order valence-corrected chi connectivity index (χ1v) is 8.33. The van der Waals surface area contributed by atoms with Gasteiger partial charge in [0, 0.05) is 12.9 Å². The van der Waals surface area contributed by atoms with Gasteiger partial charge >= 0.3 is 0 Å². The van der Waals surface area contributed by atoms with E-state index in [9.17, 15) is 13.5 Å². The molecule has 2 atom stereocenters. The van der Waals surface area contributed by atoms with E-state index >= 15 is 0 Å². The maximum absolute atomic E-state index is 12.0. The van der Waals surface area contributed by atoms with Crippen LogP contribution in [0.2, 0.25) is 0 Å². The van der Waals surface area contributed by atoms with Gasteiger partial charge in [0.2, 0.25) is 10.0 Å². The van der Waals surface area contributed by atoms with Gasteiger partial charge in [-0.15, -0.1) is 11.6 Å². The summed E-state index contributed by atoms with van der Waals surface area (Å²) < 4.78 is 25.4. The summed E-state index contributed by atoms with van der Waals surface area (Å²) >= 11 is 5.53. The Morgan fingerprint density at radius 3 is 2.53 bits per heavy atom. The first kappa shape index (κ1) is 15.2. The lowest BCUT2D eigenvalue weighted by atomic mass is 9.93. The van der Waals surface area contributed by atoms with Crippen LogP contribution < -0.4 is 0 Å². The van der Waals surface area contributed by atoms with Crippen LogP contribution in [0.1, 0.15) is 38.5 Å². The maximum atomic E-state index is 12.0. The highest BCUT2D eigenvalue weighted by molar-refractivity contribution is 7.89. The molecular formula is C11H22ClNO3S.